The lowest BCUT2D eigenvalue weighted by Crippen LogP contribution is -2.39. The minimum absolute atomic E-state index is 0.0696. The van der Waals surface area contributed by atoms with Crippen LogP contribution in [0.25, 0.3) is 0 Å². The van der Waals surface area contributed by atoms with Crippen LogP contribution in [0.3, 0.4) is 0 Å². The number of nitrogens with zero attached hydrogens (tertiary/aromatic N) is 2. The van der Waals surface area contributed by atoms with Crippen LogP contribution >= 0.6 is 0 Å². The number of halogens is 3. The number of ketones is 1. The number of ether oxygens (including phenoxy) is 2. The number of aromatic nitrogens is 1. The van der Waals surface area contributed by atoms with Gasteiger partial charge in [0.2, 0.25) is 0 Å². The number of anilines is 1. The molecule has 1 aliphatic carbocycles. The molecule has 2 unspecified atom stereocenters. The van der Waals surface area contributed by atoms with E-state index in [0.717, 1.165) is 30.5 Å². The molecule has 0 spiro atoms. The van der Waals surface area contributed by atoms with Crippen molar-refractivity contribution >= 4 is 11.5 Å². The maximum absolute atomic E-state index is 13.2. The van der Waals surface area contributed by atoms with Gasteiger partial charge in [-0.25, -0.2) is 0 Å². The van der Waals surface area contributed by atoms with Crippen LogP contribution in [0.2, 0.25) is 0 Å². The van der Waals surface area contributed by atoms with Crippen LogP contribution in [0.4, 0.5) is 18.9 Å². The Labute approximate surface area is 184 Å². The van der Waals surface area contributed by atoms with Gasteiger partial charge >= 0.3 is 6.18 Å². The Morgan fingerprint density at radius 1 is 1.22 bits per heavy atom. The lowest BCUT2D eigenvalue weighted by atomic mass is 9.92. The summed E-state index contributed by atoms with van der Waals surface area (Å²) >= 11 is 0. The Balaban J connectivity index is 1.57. The number of methoxy groups -OCH3 is 1. The third-order valence-corrected chi connectivity index (χ3v) is 6.25. The highest BCUT2D eigenvalue weighted by Gasteiger charge is 2.51. The number of morpholine rings is 1. The van der Waals surface area contributed by atoms with Crippen LogP contribution in [0.5, 0.6) is 5.75 Å². The van der Waals surface area contributed by atoms with E-state index >= 15 is 0 Å². The molecular formula is C23H25F3N2O4. The van der Waals surface area contributed by atoms with Crippen molar-refractivity contribution in [3.05, 3.63) is 52.8 Å². The molecule has 32 heavy (non-hydrogen) atoms. The third-order valence-electron chi connectivity index (χ3n) is 6.25. The Morgan fingerprint density at radius 2 is 1.94 bits per heavy atom. The van der Waals surface area contributed by atoms with Gasteiger partial charge in [0, 0.05) is 42.5 Å². The Bertz CT molecular complexity index is 1020. The van der Waals surface area contributed by atoms with Gasteiger partial charge in [0.1, 0.15) is 5.75 Å². The van der Waals surface area contributed by atoms with Crippen molar-refractivity contribution in [1.82, 2.24) is 4.98 Å². The number of hydrogen-bond donors (Lipinski definition) is 1. The highest BCUT2D eigenvalue weighted by atomic mass is 19.4. The van der Waals surface area contributed by atoms with Crippen molar-refractivity contribution in [2.75, 3.05) is 38.3 Å². The van der Waals surface area contributed by atoms with E-state index in [1.54, 1.807) is 13.2 Å². The molecular weight excluding hydrogens is 425 g/mol. The number of benzene rings is 1. The zero-order chi connectivity index (χ0) is 23.1. The number of alkyl halides is 3. The van der Waals surface area contributed by atoms with Gasteiger partial charge in [-0.15, -0.1) is 0 Å². The van der Waals surface area contributed by atoms with Gasteiger partial charge in [-0.1, -0.05) is 0 Å². The second-order valence-corrected chi connectivity index (χ2v) is 8.40. The first-order valence-electron chi connectivity index (χ1n) is 10.4. The van der Waals surface area contributed by atoms with E-state index < -0.39 is 17.7 Å². The van der Waals surface area contributed by atoms with Crippen LogP contribution < -0.4 is 9.64 Å². The average Bonchev–Trinajstić information content (AvgIpc) is 3.07. The average molecular weight is 450 g/mol. The van der Waals surface area contributed by atoms with Crippen molar-refractivity contribution in [2.24, 2.45) is 5.92 Å². The number of aliphatic hydroxyl groups is 1. The van der Waals surface area contributed by atoms with Gasteiger partial charge in [-0.2, -0.15) is 13.2 Å². The number of pyridine rings is 1. The molecule has 0 saturated carbocycles. The maximum Gasteiger partial charge on any atom is 0.421 e. The summed E-state index contributed by atoms with van der Waals surface area (Å²) in [6.07, 6.45) is -1.68. The number of Topliss-reactive ketones (excluding diaryl/α,β-unsaturated/α-hetero) is 1. The van der Waals surface area contributed by atoms with Crippen LogP contribution in [0.15, 0.2) is 30.6 Å². The van der Waals surface area contributed by atoms with Crippen LogP contribution in [-0.2, 0) is 23.2 Å². The van der Waals surface area contributed by atoms with Crippen molar-refractivity contribution in [1.29, 1.82) is 0 Å². The highest BCUT2D eigenvalue weighted by molar-refractivity contribution is 6.03. The summed E-state index contributed by atoms with van der Waals surface area (Å²) in [5.74, 6) is 0.131. The summed E-state index contributed by atoms with van der Waals surface area (Å²) in [6, 6.07) is 5.00. The molecule has 1 N–H and O–H groups in total. The first-order valence-corrected chi connectivity index (χ1v) is 10.4. The van der Waals surface area contributed by atoms with E-state index in [2.05, 4.69) is 9.88 Å². The van der Waals surface area contributed by atoms with Gasteiger partial charge in [0.25, 0.3) is 0 Å². The molecule has 1 aliphatic heterocycles. The highest BCUT2D eigenvalue weighted by Crippen LogP contribution is 2.40. The molecule has 6 nitrogen and oxygen atoms in total. The van der Waals surface area contributed by atoms with Gasteiger partial charge < -0.3 is 19.5 Å². The van der Waals surface area contributed by atoms with Crippen molar-refractivity contribution in [3.8, 4) is 5.75 Å². The smallest absolute Gasteiger partial charge is 0.421 e. The molecule has 1 saturated heterocycles. The normalized spacial score (nSPS) is 20.8. The Morgan fingerprint density at radius 3 is 2.59 bits per heavy atom. The summed E-state index contributed by atoms with van der Waals surface area (Å²) in [5.41, 5.74) is -0.504. The zero-order valence-electron chi connectivity index (χ0n) is 17.9. The molecule has 1 aromatic heterocycles. The fourth-order valence-electron chi connectivity index (χ4n) is 4.28. The van der Waals surface area contributed by atoms with E-state index in [-0.39, 0.29) is 17.8 Å². The molecule has 0 radical (unpaired) electrons. The molecule has 172 valence electrons. The van der Waals surface area contributed by atoms with Gasteiger partial charge in [-0.3, -0.25) is 9.78 Å². The number of hydrogen-bond acceptors (Lipinski definition) is 6. The topological polar surface area (TPSA) is 71.9 Å². The summed E-state index contributed by atoms with van der Waals surface area (Å²) in [4.78, 5) is 19.1. The summed E-state index contributed by atoms with van der Waals surface area (Å²) in [5, 5.41) is 9.95. The molecule has 1 aromatic carbocycles. The molecule has 0 bridgehead atoms. The van der Waals surface area contributed by atoms with E-state index in [0.29, 0.717) is 43.4 Å². The lowest BCUT2D eigenvalue weighted by Gasteiger charge is -2.30. The van der Waals surface area contributed by atoms with Crippen LogP contribution in [0.1, 0.15) is 34.0 Å². The minimum Gasteiger partial charge on any atom is -0.495 e. The number of carbonyl (C=O) groups is 1. The Hall–Kier alpha value is -2.65. The zero-order valence-corrected chi connectivity index (χ0v) is 17.9. The van der Waals surface area contributed by atoms with Crippen LogP contribution in [-0.4, -0.2) is 55.5 Å². The molecule has 9 heteroatoms. The van der Waals surface area contributed by atoms with E-state index in [9.17, 15) is 23.1 Å². The molecule has 1 fully saturated rings. The first-order chi connectivity index (χ1) is 15.1. The minimum atomic E-state index is -4.83. The van der Waals surface area contributed by atoms with Gasteiger partial charge in [-0.05, 0) is 49.1 Å². The Kier molecular flexibility index (Phi) is 5.89. The molecule has 2 aromatic rings. The fraction of sp³-hybridized carbons (Fsp3) is 0.478. The second-order valence-electron chi connectivity index (χ2n) is 8.40. The molecule has 2 heterocycles. The monoisotopic (exact) mass is 450 g/mol. The SMILES string of the molecule is COc1cc2c(cc1N1CCOCC1)CC(Cc1cncc(C(C)(O)C(F)(F)F)c1)C2=O. The second kappa shape index (κ2) is 8.37. The summed E-state index contributed by atoms with van der Waals surface area (Å²) in [6.45, 7) is 3.39. The van der Waals surface area contributed by atoms with Gasteiger partial charge in [0.15, 0.2) is 11.4 Å². The molecule has 0 amide bonds. The molecule has 2 atom stereocenters. The van der Waals surface area contributed by atoms with Gasteiger partial charge in [0.05, 0.1) is 26.0 Å². The van der Waals surface area contributed by atoms with E-state index in [1.165, 1.54) is 12.3 Å². The number of carbonyl (C=O) groups excluding carboxylic acids is 1. The number of rotatable bonds is 5. The van der Waals surface area contributed by atoms with Crippen molar-refractivity contribution in [3.63, 3.8) is 0 Å². The third kappa shape index (κ3) is 4.06. The predicted molar refractivity (Wildman–Crippen MR) is 111 cm³/mol. The standard InChI is InChI=1S/C23H25F3N2O4/c1-22(30,23(24,25)26)17-8-14(12-27-13-17)7-16-9-15-10-19(28-3-5-32-6-4-28)20(31-2)11-18(15)21(16)29/h8,10-13,16,30H,3-7,9H2,1-2H3. The lowest BCUT2D eigenvalue weighted by molar-refractivity contribution is -0.259. The summed E-state index contributed by atoms with van der Waals surface area (Å²) in [7, 11) is 1.56. The van der Waals surface area contributed by atoms with E-state index in [4.69, 9.17) is 9.47 Å². The fourth-order valence-corrected chi connectivity index (χ4v) is 4.28. The predicted octanol–water partition coefficient (Wildman–Crippen LogP) is 3.29. The van der Waals surface area contributed by atoms with E-state index in [1.807, 2.05) is 6.07 Å². The van der Waals surface area contributed by atoms with Crippen LogP contribution in [0, 0.1) is 5.92 Å². The van der Waals surface area contributed by atoms with Crippen molar-refractivity contribution < 1.29 is 32.5 Å². The van der Waals surface area contributed by atoms with Crippen molar-refractivity contribution in [2.45, 2.75) is 31.5 Å². The largest absolute Gasteiger partial charge is 0.495 e. The summed E-state index contributed by atoms with van der Waals surface area (Å²) < 4.78 is 50.6. The first kappa shape index (κ1) is 22.5. The quantitative estimate of drug-likeness (QED) is 0.754. The maximum atomic E-state index is 13.2. The molecule has 4 rings (SSSR count). The number of fused-ring (bicyclic) bond motifs is 1. The molecule has 2 aliphatic rings.